The Hall–Kier alpha value is -2.15. The van der Waals surface area contributed by atoms with Crippen LogP contribution in [0.4, 0.5) is 0 Å². The molecule has 0 amide bonds. The summed E-state index contributed by atoms with van der Waals surface area (Å²) in [4.78, 5) is 39.1. The lowest BCUT2D eigenvalue weighted by Gasteiger charge is -2.18. The summed E-state index contributed by atoms with van der Waals surface area (Å²) < 4.78 is 17.1. The van der Waals surface area contributed by atoms with Gasteiger partial charge in [0.2, 0.25) is 0 Å². The molecule has 0 aliphatic carbocycles. The van der Waals surface area contributed by atoms with Crippen LogP contribution in [0.15, 0.2) is 24.3 Å². The van der Waals surface area contributed by atoms with E-state index in [1.807, 2.05) is 40.1 Å². The van der Waals surface area contributed by atoms with Gasteiger partial charge in [0.15, 0.2) is 0 Å². The van der Waals surface area contributed by atoms with E-state index in [9.17, 15) is 14.4 Å². The standard InChI is InChI=1S/C47H87NO6/c1-7-9-11-13-21-27-34-42(3)52-45(49)38-31-25-19-15-17-23-29-36-44(54-47(51)40-33-41-48(5)6)37-30-24-18-16-20-26-32-39-46(50)53-43(4)35-28-22-14-12-10-8-2/h27-28,34-35,42-44H,7-26,29-33,36-41H2,1-6H3/b34-27-,35-28-. The van der Waals surface area contributed by atoms with Gasteiger partial charge in [-0.2, -0.15) is 0 Å². The summed E-state index contributed by atoms with van der Waals surface area (Å²) in [5.41, 5.74) is 0. The molecule has 316 valence electrons. The van der Waals surface area contributed by atoms with Crippen molar-refractivity contribution >= 4 is 17.9 Å². The maximum atomic E-state index is 12.6. The second-order valence-corrected chi connectivity index (χ2v) is 16.0. The SMILES string of the molecule is CCCCCC/C=C\C(C)OC(=O)CCCCCCCCCC(CCCCCCCCCC(=O)OC(C)/C=C\CCCCCC)OC(=O)CCCN(C)C. The number of carbonyl (C=O) groups excluding carboxylic acids is 3. The van der Waals surface area contributed by atoms with E-state index < -0.39 is 0 Å². The summed E-state index contributed by atoms with van der Waals surface area (Å²) in [7, 11) is 4.06. The van der Waals surface area contributed by atoms with E-state index in [4.69, 9.17) is 14.2 Å². The van der Waals surface area contributed by atoms with Gasteiger partial charge in [-0.05, 0) is 117 Å². The van der Waals surface area contributed by atoms with Crippen LogP contribution in [0.1, 0.15) is 220 Å². The minimum Gasteiger partial charge on any atom is -0.462 e. The first-order valence-electron chi connectivity index (χ1n) is 22.7. The van der Waals surface area contributed by atoms with Crippen LogP contribution >= 0.6 is 0 Å². The quantitative estimate of drug-likeness (QED) is 0.0267. The molecule has 0 radical (unpaired) electrons. The number of unbranched alkanes of at least 4 members (excludes halogenated alkanes) is 20. The zero-order valence-corrected chi connectivity index (χ0v) is 36.4. The predicted molar refractivity (Wildman–Crippen MR) is 228 cm³/mol. The zero-order valence-electron chi connectivity index (χ0n) is 36.4. The van der Waals surface area contributed by atoms with Gasteiger partial charge >= 0.3 is 17.9 Å². The van der Waals surface area contributed by atoms with E-state index in [2.05, 4.69) is 30.9 Å². The van der Waals surface area contributed by atoms with Gasteiger partial charge < -0.3 is 19.1 Å². The average Bonchev–Trinajstić information content (AvgIpc) is 3.12. The predicted octanol–water partition coefficient (Wildman–Crippen LogP) is 13.2. The molecule has 0 spiro atoms. The molecular weight excluding hydrogens is 675 g/mol. The summed E-state index contributed by atoms with van der Waals surface area (Å²) in [6.45, 7) is 9.23. The van der Waals surface area contributed by atoms with E-state index >= 15 is 0 Å². The smallest absolute Gasteiger partial charge is 0.306 e. The molecule has 0 rings (SSSR count). The fourth-order valence-corrected chi connectivity index (χ4v) is 6.66. The van der Waals surface area contributed by atoms with Crippen LogP contribution in [-0.4, -0.2) is 61.8 Å². The van der Waals surface area contributed by atoms with E-state index in [1.54, 1.807) is 0 Å². The summed E-state index contributed by atoms with van der Waals surface area (Å²) in [5.74, 6) is -0.229. The second kappa shape index (κ2) is 39.1. The van der Waals surface area contributed by atoms with Crippen molar-refractivity contribution in [3.63, 3.8) is 0 Å². The van der Waals surface area contributed by atoms with Gasteiger partial charge in [-0.25, -0.2) is 0 Å². The molecule has 0 aromatic carbocycles. The van der Waals surface area contributed by atoms with Crippen LogP contribution in [0.2, 0.25) is 0 Å². The molecule has 7 heteroatoms. The fourth-order valence-electron chi connectivity index (χ4n) is 6.66. The van der Waals surface area contributed by atoms with Crippen molar-refractivity contribution < 1.29 is 28.6 Å². The molecule has 0 aliphatic heterocycles. The van der Waals surface area contributed by atoms with Crippen molar-refractivity contribution in [2.75, 3.05) is 20.6 Å². The van der Waals surface area contributed by atoms with Crippen molar-refractivity contribution in [1.29, 1.82) is 0 Å². The van der Waals surface area contributed by atoms with Gasteiger partial charge in [-0.15, -0.1) is 0 Å². The lowest BCUT2D eigenvalue weighted by molar-refractivity contribution is -0.150. The van der Waals surface area contributed by atoms with Gasteiger partial charge in [-0.3, -0.25) is 14.4 Å². The molecule has 0 heterocycles. The molecule has 0 fully saturated rings. The highest BCUT2D eigenvalue weighted by molar-refractivity contribution is 5.70. The first-order chi connectivity index (χ1) is 26.2. The Labute approximate surface area is 334 Å². The lowest BCUT2D eigenvalue weighted by atomic mass is 10.0. The third-order valence-electron chi connectivity index (χ3n) is 10.00. The highest BCUT2D eigenvalue weighted by Gasteiger charge is 2.15. The average molecular weight is 762 g/mol. The Morgan fingerprint density at radius 3 is 1.22 bits per heavy atom. The topological polar surface area (TPSA) is 82.1 Å². The van der Waals surface area contributed by atoms with Crippen LogP contribution in [-0.2, 0) is 28.6 Å². The van der Waals surface area contributed by atoms with Crippen molar-refractivity contribution in [1.82, 2.24) is 4.90 Å². The highest BCUT2D eigenvalue weighted by atomic mass is 16.5. The minimum absolute atomic E-state index is 0.0190. The largest absolute Gasteiger partial charge is 0.462 e. The molecule has 2 unspecified atom stereocenters. The number of nitrogens with zero attached hydrogens (tertiary/aromatic N) is 1. The number of carbonyl (C=O) groups is 3. The van der Waals surface area contributed by atoms with Crippen molar-refractivity contribution in [3.05, 3.63) is 24.3 Å². The Bertz CT molecular complexity index is 871. The monoisotopic (exact) mass is 762 g/mol. The van der Waals surface area contributed by atoms with Gasteiger partial charge in [0.05, 0.1) is 0 Å². The van der Waals surface area contributed by atoms with Crippen molar-refractivity contribution in [3.8, 4) is 0 Å². The molecule has 0 saturated heterocycles. The molecule has 0 bridgehead atoms. The minimum atomic E-state index is -0.142. The van der Waals surface area contributed by atoms with Crippen LogP contribution in [0.5, 0.6) is 0 Å². The first-order valence-corrected chi connectivity index (χ1v) is 22.7. The molecule has 0 saturated carbocycles. The number of hydrogen-bond acceptors (Lipinski definition) is 7. The molecule has 2 atom stereocenters. The normalized spacial score (nSPS) is 13.5. The number of allylic oxidation sites excluding steroid dienone is 2. The Balaban J connectivity index is 4.14. The third-order valence-corrected chi connectivity index (χ3v) is 10.00. The number of esters is 3. The van der Waals surface area contributed by atoms with Gasteiger partial charge in [0.25, 0.3) is 0 Å². The molecular formula is C47H87NO6. The summed E-state index contributed by atoms with van der Waals surface area (Å²) in [6, 6.07) is 0. The van der Waals surface area contributed by atoms with E-state index in [-0.39, 0.29) is 36.2 Å². The van der Waals surface area contributed by atoms with Crippen molar-refractivity contribution in [2.45, 2.75) is 239 Å². The lowest BCUT2D eigenvalue weighted by Crippen LogP contribution is -2.20. The summed E-state index contributed by atoms with van der Waals surface area (Å²) >= 11 is 0. The van der Waals surface area contributed by atoms with Crippen LogP contribution in [0, 0.1) is 0 Å². The second-order valence-electron chi connectivity index (χ2n) is 16.0. The Morgan fingerprint density at radius 2 is 0.815 bits per heavy atom. The van der Waals surface area contributed by atoms with Crippen LogP contribution in [0.25, 0.3) is 0 Å². The molecule has 0 aliphatic rings. The Morgan fingerprint density at radius 1 is 0.463 bits per heavy atom. The maximum absolute atomic E-state index is 12.6. The molecule has 0 N–H and O–H groups in total. The Kier molecular flexibility index (Phi) is 37.5. The first kappa shape index (κ1) is 51.9. The summed E-state index contributed by atoms with van der Waals surface area (Å²) in [6.07, 6.45) is 39.8. The summed E-state index contributed by atoms with van der Waals surface area (Å²) in [5, 5.41) is 0. The number of hydrogen-bond donors (Lipinski definition) is 0. The molecule has 0 aromatic rings. The van der Waals surface area contributed by atoms with Gasteiger partial charge in [0.1, 0.15) is 18.3 Å². The van der Waals surface area contributed by atoms with E-state index in [1.165, 1.54) is 77.0 Å². The van der Waals surface area contributed by atoms with E-state index in [0.717, 1.165) is 103 Å². The van der Waals surface area contributed by atoms with Gasteiger partial charge in [-0.1, -0.05) is 129 Å². The molecule has 54 heavy (non-hydrogen) atoms. The highest BCUT2D eigenvalue weighted by Crippen LogP contribution is 2.19. The number of rotatable bonds is 39. The van der Waals surface area contributed by atoms with E-state index in [0.29, 0.717) is 19.3 Å². The zero-order chi connectivity index (χ0) is 39.9. The number of ether oxygens (including phenoxy) is 3. The van der Waals surface area contributed by atoms with Crippen LogP contribution < -0.4 is 0 Å². The third kappa shape index (κ3) is 38.1. The maximum Gasteiger partial charge on any atom is 0.306 e. The fraction of sp³-hybridized carbons (Fsp3) is 0.851. The molecule has 0 aromatic heterocycles. The molecule has 7 nitrogen and oxygen atoms in total. The van der Waals surface area contributed by atoms with Gasteiger partial charge in [0, 0.05) is 19.3 Å². The van der Waals surface area contributed by atoms with Crippen molar-refractivity contribution in [2.24, 2.45) is 0 Å². The van der Waals surface area contributed by atoms with Crippen LogP contribution in [0.3, 0.4) is 0 Å².